The summed E-state index contributed by atoms with van der Waals surface area (Å²) >= 11 is 1.79. The van der Waals surface area contributed by atoms with E-state index in [1.54, 1.807) is 11.8 Å². The molecule has 0 aromatic heterocycles. The van der Waals surface area contributed by atoms with Crippen molar-refractivity contribution in [1.29, 1.82) is 0 Å². The van der Waals surface area contributed by atoms with Crippen LogP contribution in [0.5, 0.6) is 0 Å². The minimum Gasteiger partial charge on any atom is -0.481 e. The number of hydrogen-bond acceptors (Lipinski definition) is 2. The Morgan fingerprint density at radius 3 is 2.40 bits per heavy atom. The van der Waals surface area contributed by atoms with E-state index in [1.807, 2.05) is 30.3 Å². The molecule has 1 atom stereocenters. The van der Waals surface area contributed by atoms with Crippen molar-refractivity contribution in [3.63, 3.8) is 0 Å². The smallest absolute Gasteiger partial charge is 0.304 e. The van der Waals surface area contributed by atoms with E-state index in [9.17, 15) is 4.79 Å². The largest absolute Gasteiger partial charge is 0.481 e. The van der Waals surface area contributed by atoms with Gasteiger partial charge in [-0.1, -0.05) is 69.4 Å². The number of aliphatic carboxylic acids is 1. The molecule has 2 nitrogen and oxygen atoms in total. The van der Waals surface area contributed by atoms with Crippen LogP contribution < -0.4 is 0 Å². The Balaban J connectivity index is 2.29. The van der Waals surface area contributed by atoms with Gasteiger partial charge in [-0.15, -0.1) is 0 Å². The maximum atomic E-state index is 11.0. The fraction of sp³-hybridized carbons (Fsp3) is 0.588. The molecule has 1 N–H and O–H groups in total. The van der Waals surface area contributed by atoms with Crippen LogP contribution in [-0.4, -0.2) is 16.8 Å². The average Bonchev–Trinajstić information content (AvgIpc) is 2.45. The Labute approximate surface area is 127 Å². The summed E-state index contributed by atoms with van der Waals surface area (Å²) in [5.41, 5.74) is 1.13. The molecule has 112 valence electrons. The first-order valence-corrected chi connectivity index (χ1v) is 8.67. The third-order valence-electron chi connectivity index (χ3n) is 3.35. The van der Waals surface area contributed by atoms with Crippen LogP contribution in [0.3, 0.4) is 0 Å². The molecule has 1 aromatic carbocycles. The van der Waals surface area contributed by atoms with Gasteiger partial charge in [0, 0.05) is 5.25 Å². The normalized spacial score (nSPS) is 12.2. The van der Waals surface area contributed by atoms with Gasteiger partial charge in [0.25, 0.3) is 0 Å². The zero-order valence-electron chi connectivity index (χ0n) is 12.4. The summed E-state index contributed by atoms with van der Waals surface area (Å²) in [5.74, 6) is 0.341. The van der Waals surface area contributed by atoms with E-state index < -0.39 is 5.97 Å². The third-order valence-corrected chi connectivity index (χ3v) is 4.71. The molecular formula is C17H26O2S. The van der Waals surface area contributed by atoms with Gasteiger partial charge in [-0.05, 0) is 17.7 Å². The van der Waals surface area contributed by atoms with Gasteiger partial charge in [-0.3, -0.25) is 4.79 Å². The second-order valence-electron chi connectivity index (χ2n) is 5.14. The van der Waals surface area contributed by atoms with E-state index in [0.29, 0.717) is 0 Å². The van der Waals surface area contributed by atoms with Crippen molar-refractivity contribution in [1.82, 2.24) is 0 Å². The van der Waals surface area contributed by atoms with Crippen molar-refractivity contribution >= 4 is 17.7 Å². The standard InChI is InChI=1S/C17H26O2S/c1-2-3-4-5-6-10-13-20-16(14-17(18)19)15-11-8-7-9-12-15/h7-9,11-12,16H,2-6,10,13-14H2,1H3,(H,18,19). The van der Waals surface area contributed by atoms with Crippen LogP contribution in [0.4, 0.5) is 0 Å². The summed E-state index contributed by atoms with van der Waals surface area (Å²) in [6, 6.07) is 9.99. The monoisotopic (exact) mass is 294 g/mol. The van der Waals surface area contributed by atoms with Gasteiger partial charge < -0.3 is 5.11 Å². The first kappa shape index (κ1) is 17.1. The number of carboxylic acids is 1. The van der Waals surface area contributed by atoms with E-state index >= 15 is 0 Å². The highest BCUT2D eigenvalue weighted by Gasteiger charge is 2.15. The van der Waals surface area contributed by atoms with Crippen LogP contribution in [-0.2, 0) is 4.79 Å². The minimum absolute atomic E-state index is 0.0874. The second kappa shape index (κ2) is 10.8. The average molecular weight is 294 g/mol. The molecule has 0 saturated carbocycles. The van der Waals surface area contributed by atoms with E-state index in [1.165, 1.54) is 38.5 Å². The summed E-state index contributed by atoms with van der Waals surface area (Å²) < 4.78 is 0. The molecule has 1 unspecified atom stereocenters. The molecular weight excluding hydrogens is 268 g/mol. The molecule has 0 aliphatic heterocycles. The lowest BCUT2D eigenvalue weighted by Crippen LogP contribution is -2.04. The highest BCUT2D eigenvalue weighted by atomic mass is 32.2. The van der Waals surface area contributed by atoms with Crippen LogP contribution in [0, 0.1) is 0 Å². The number of unbranched alkanes of at least 4 members (excludes halogenated alkanes) is 5. The third kappa shape index (κ3) is 7.59. The fourth-order valence-electron chi connectivity index (χ4n) is 2.21. The fourth-order valence-corrected chi connectivity index (χ4v) is 3.47. The van der Waals surface area contributed by atoms with Crippen LogP contribution in [0.25, 0.3) is 0 Å². The Morgan fingerprint density at radius 2 is 1.75 bits per heavy atom. The lowest BCUT2D eigenvalue weighted by molar-refractivity contribution is -0.137. The van der Waals surface area contributed by atoms with Crippen molar-refractivity contribution in [3.8, 4) is 0 Å². The summed E-state index contributed by atoms with van der Waals surface area (Å²) in [7, 11) is 0. The maximum absolute atomic E-state index is 11.0. The molecule has 0 aliphatic carbocycles. The predicted octanol–water partition coefficient (Wildman–Crippen LogP) is 5.30. The number of carboxylic acid groups (broad SMARTS) is 1. The summed E-state index contributed by atoms with van der Waals surface area (Å²) in [5, 5.41) is 9.12. The van der Waals surface area contributed by atoms with Gasteiger partial charge in [-0.2, -0.15) is 11.8 Å². The molecule has 1 rings (SSSR count). The molecule has 0 saturated heterocycles. The SMILES string of the molecule is CCCCCCCCSC(CC(=O)O)c1ccccc1. The van der Waals surface area contributed by atoms with Crippen LogP contribution in [0.2, 0.25) is 0 Å². The number of carbonyl (C=O) groups is 1. The van der Waals surface area contributed by atoms with Gasteiger partial charge in [0.2, 0.25) is 0 Å². The number of hydrogen-bond donors (Lipinski definition) is 1. The molecule has 0 spiro atoms. The Morgan fingerprint density at radius 1 is 1.10 bits per heavy atom. The first-order valence-electron chi connectivity index (χ1n) is 7.62. The summed E-state index contributed by atoms with van der Waals surface area (Å²) in [6.07, 6.45) is 7.92. The highest BCUT2D eigenvalue weighted by molar-refractivity contribution is 7.99. The minimum atomic E-state index is -0.714. The molecule has 20 heavy (non-hydrogen) atoms. The van der Waals surface area contributed by atoms with Gasteiger partial charge in [0.1, 0.15) is 0 Å². The lowest BCUT2D eigenvalue weighted by Gasteiger charge is -2.14. The highest BCUT2D eigenvalue weighted by Crippen LogP contribution is 2.32. The molecule has 0 heterocycles. The van der Waals surface area contributed by atoms with E-state index in [-0.39, 0.29) is 11.7 Å². The van der Waals surface area contributed by atoms with E-state index in [2.05, 4.69) is 6.92 Å². The van der Waals surface area contributed by atoms with Crippen molar-refractivity contribution in [2.75, 3.05) is 5.75 Å². The Hall–Kier alpha value is -0.960. The van der Waals surface area contributed by atoms with Gasteiger partial charge >= 0.3 is 5.97 Å². The molecule has 0 amide bonds. The number of rotatable bonds is 11. The zero-order chi connectivity index (χ0) is 14.6. The van der Waals surface area contributed by atoms with Gasteiger partial charge in [0.05, 0.1) is 6.42 Å². The van der Waals surface area contributed by atoms with E-state index in [4.69, 9.17) is 5.11 Å². The first-order chi connectivity index (χ1) is 9.74. The second-order valence-corrected chi connectivity index (χ2v) is 6.45. The van der Waals surface area contributed by atoms with Crippen molar-refractivity contribution in [2.45, 2.75) is 57.1 Å². The molecule has 0 bridgehead atoms. The van der Waals surface area contributed by atoms with Crippen molar-refractivity contribution < 1.29 is 9.90 Å². The zero-order valence-corrected chi connectivity index (χ0v) is 13.2. The molecule has 0 aliphatic rings. The Bertz CT molecular complexity index is 365. The van der Waals surface area contributed by atoms with Gasteiger partial charge in [-0.25, -0.2) is 0 Å². The molecule has 1 aromatic rings. The summed E-state index contributed by atoms with van der Waals surface area (Å²) in [4.78, 5) is 11.0. The van der Waals surface area contributed by atoms with Crippen molar-refractivity contribution in [2.24, 2.45) is 0 Å². The lowest BCUT2D eigenvalue weighted by atomic mass is 10.1. The molecule has 3 heteroatoms. The number of benzene rings is 1. The quantitative estimate of drug-likeness (QED) is 0.563. The summed E-state index contributed by atoms with van der Waals surface area (Å²) in [6.45, 7) is 2.23. The van der Waals surface area contributed by atoms with Gasteiger partial charge in [0.15, 0.2) is 0 Å². The number of thioether (sulfide) groups is 1. The predicted molar refractivity (Wildman–Crippen MR) is 87.3 cm³/mol. The maximum Gasteiger partial charge on any atom is 0.304 e. The Kier molecular flexibility index (Phi) is 9.22. The van der Waals surface area contributed by atoms with Crippen LogP contribution >= 0.6 is 11.8 Å². The van der Waals surface area contributed by atoms with Crippen molar-refractivity contribution in [3.05, 3.63) is 35.9 Å². The van der Waals surface area contributed by atoms with Crippen LogP contribution in [0.15, 0.2) is 30.3 Å². The van der Waals surface area contributed by atoms with Crippen LogP contribution in [0.1, 0.15) is 62.7 Å². The molecule has 0 radical (unpaired) electrons. The molecule has 0 fully saturated rings. The topological polar surface area (TPSA) is 37.3 Å². The van der Waals surface area contributed by atoms with E-state index in [0.717, 1.165) is 11.3 Å².